The van der Waals surface area contributed by atoms with E-state index >= 15 is 0 Å². The largest absolute Gasteiger partial charge is 0.462 e. The molecular weight excluding hydrogens is 296 g/mol. The first-order valence-electron chi connectivity index (χ1n) is 5.94. The summed E-state index contributed by atoms with van der Waals surface area (Å²) in [6.45, 7) is 3.97. The van der Waals surface area contributed by atoms with E-state index in [9.17, 15) is 4.79 Å². The fourth-order valence-electron chi connectivity index (χ4n) is 2.12. The summed E-state index contributed by atoms with van der Waals surface area (Å²) in [7, 11) is 0. The van der Waals surface area contributed by atoms with Gasteiger partial charge in [-0.15, -0.1) is 0 Å². The van der Waals surface area contributed by atoms with Gasteiger partial charge in [0.15, 0.2) is 10.3 Å². The highest BCUT2D eigenvalue weighted by atomic mass is 32.1. The average Bonchev–Trinajstić information content (AvgIpc) is 2.93. The van der Waals surface area contributed by atoms with Crippen LogP contribution in [0.25, 0.3) is 20.4 Å². The molecule has 1 aromatic carbocycles. The number of ether oxygens (including phenoxy) is 1. The summed E-state index contributed by atoms with van der Waals surface area (Å²) in [6, 6.07) is 0. The van der Waals surface area contributed by atoms with E-state index in [4.69, 9.17) is 16.2 Å². The van der Waals surface area contributed by atoms with Crippen LogP contribution in [-0.4, -0.2) is 22.5 Å². The molecule has 104 valence electrons. The number of nitrogen functional groups attached to an aromatic ring is 2. The molecule has 0 aliphatic rings. The zero-order valence-electron chi connectivity index (χ0n) is 10.9. The smallest absolute Gasteiger partial charge is 0.341 e. The van der Waals surface area contributed by atoms with Crippen molar-refractivity contribution in [2.75, 3.05) is 18.1 Å². The number of nitrogens with two attached hydrogens (primary N) is 2. The van der Waals surface area contributed by atoms with Gasteiger partial charge in [0.2, 0.25) is 0 Å². The highest BCUT2D eigenvalue weighted by Crippen LogP contribution is 2.39. The highest BCUT2D eigenvalue weighted by molar-refractivity contribution is 7.25. The number of carbonyl (C=O) groups excluding carboxylic acids is 1. The maximum Gasteiger partial charge on any atom is 0.341 e. The van der Waals surface area contributed by atoms with Crippen LogP contribution < -0.4 is 11.5 Å². The molecule has 0 radical (unpaired) electrons. The van der Waals surface area contributed by atoms with E-state index in [0.29, 0.717) is 33.5 Å². The van der Waals surface area contributed by atoms with E-state index in [0.717, 1.165) is 15.0 Å². The number of aromatic nitrogens is 2. The molecule has 0 aliphatic carbocycles. The van der Waals surface area contributed by atoms with Crippen molar-refractivity contribution in [3.63, 3.8) is 0 Å². The van der Waals surface area contributed by atoms with Crippen molar-refractivity contribution in [1.29, 1.82) is 0 Å². The standard InChI is InChI=1S/C12H12N4O2S2/c1-3-18-10(17)5-8-6(15-11(13)19-8)4(2)7-9(5)20-12(14)16-7/h3H2,1-2H3,(H2,13,15)(H2,14,16). The normalized spacial score (nSPS) is 11.3. The molecule has 2 aromatic heterocycles. The molecule has 8 heteroatoms. The molecule has 0 aliphatic heterocycles. The first-order chi connectivity index (χ1) is 9.52. The Bertz CT molecular complexity index is 779. The van der Waals surface area contributed by atoms with Gasteiger partial charge < -0.3 is 16.2 Å². The van der Waals surface area contributed by atoms with Crippen molar-refractivity contribution >= 4 is 59.3 Å². The molecular formula is C12H12N4O2S2. The van der Waals surface area contributed by atoms with Gasteiger partial charge in [0.1, 0.15) is 0 Å². The van der Waals surface area contributed by atoms with Crippen LogP contribution in [0, 0.1) is 6.92 Å². The number of benzene rings is 1. The number of rotatable bonds is 2. The minimum absolute atomic E-state index is 0.304. The SMILES string of the molecule is CCOC(=O)c1c2sc(N)nc2c(C)c2nc(N)sc12. The van der Waals surface area contributed by atoms with E-state index in [1.165, 1.54) is 22.7 Å². The molecule has 4 N–H and O–H groups in total. The summed E-state index contributed by atoms with van der Waals surface area (Å²) >= 11 is 2.55. The number of thiazole rings is 2. The zero-order chi connectivity index (χ0) is 14.4. The maximum atomic E-state index is 12.3. The average molecular weight is 308 g/mol. The summed E-state index contributed by atoms with van der Waals surface area (Å²) in [5, 5.41) is 0.832. The van der Waals surface area contributed by atoms with E-state index in [2.05, 4.69) is 9.97 Å². The summed E-state index contributed by atoms with van der Waals surface area (Å²) in [5.74, 6) is -0.394. The van der Waals surface area contributed by atoms with Crippen LogP contribution in [0.1, 0.15) is 22.8 Å². The third kappa shape index (κ3) is 1.80. The third-order valence-electron chi connectivity index (χ3n) is 2.93. The molecule has 0 unspecified atom stereocenters. The molecule has 0 saturated carbocycles. The Kier molecular flexibility index (Phi) is 2.98. The molecule has 0 atom stereocenters. The van der Waals surface area contributed by atoms with Crippen LogP contribution in [0.2, 0.25) is 0 Å². The van der Waals surface area contributed by atoms with Gasteiger partial charge in [0, 0.05) is 5.56 Å². The van der Waals surface area contributed by atoms with Crippen LogP contribution in [0.4, 0.5) is 10.3 Å². The van der Waals surface area contributed by atoms with Gasteiger partial charge in [-0.25, -0.2) is 14.8 Å². The summed E-state index contributed by atoms with van der Waals surface area (Å²) in [5.41, 5.74) is 14.3. The fourth-order valence-corrected chi connectivity index (χ4v) is 4.05. The van der Waals surface area contributed by atoms with E-state index in [1.807, 2.05) is 6.92 Å². The highest BCUT2D eigenvalue weighted by Gasteiger charge is 2.24. The number of carbonyl (C=O) groups is 1. The quantitative estimate of drug-likeness (QED) is 0.705. The Hall–Kier alpha value is -1.93. The molecule has 2 heterocycles. The number of hydrogen-bond donors (Lipinski definition) is 2. The first-order valence-corrected chi connectivity index (χ1v) is 7.58. The van der Waals surface area contributed by atoms with Gasteiger partial charge in [-0.1, -0.05) is 22.7 Å². The number of esters is 1. The van der Waals surface area contributed by atoms with Crippen LogP contribution in [0.15, 0.2) is 0 Å². The van der Waals surface area contributed by atoms with Crippen molar-refractivity contribution in [3.05, 3.63) is 11.1 Å². The molecule has 0 saturated heterocycles. The van der Waals surface area contributed by atoms with Crippen molar-refractivity contribution in [3.8, 4) is 0 Å². The molecule has 0 bridgehead atoms. The van der Waals surface area contributed by atoms with Crippen LogP contribution >= 0.6 is 22.7 Å². The predicted molar refractivity (Wildman–Crippen MR) is 82.3 cm³/mol. The van der Waals surface area contributed by atoms with E-state index < -0.39 is 5.97 Å². The monoisotopic (exact) mass is 308 g/mol. The molecule has 3 aromatic rings. The lowest BCUT2D eigenvalue weighted by molar-refractivity contribution is 0.0531. The van der Waals surface area contributed by atoms with Crippen LogP contribution in [0.5, 0.6) is 0 Å². The third-order valence-corrected chi connectivity index (χ3v) is 4.74. The molecule has 0 spiro atoms. The topological polar surface area (TPSA) is 104 Å². The second-order valence-electron chi connectivity index (χ2n) is 4.18. The lowest BCUT2D eigenvalue weighted by atomic mass is 10.1. The number of fused-ring (bicyclic) bond motifs is 2. The second-order valence-corrected chi connectivity index (χ2v) is 6.24. The maximum absolute atomic E-state index is 12.3. The van der Waals surface area contributed by atoms with E-state index in [-0.39, 0.29) is 0 Å². The Labute approximate surface area is 122 Å². The lowest BCUT2D eigenvalue weighted by Gasteiger charge is -2.05. The van der Waals surface area contributed by atoms with Crippen LogP contribution in [-0.2, 0) is 4.74 Å². The van der Waals surface area contributed by atoms with Gasteiger partial charge in [-0.3, -0.25) is 0 Å². The van der Waals surface area contributed by atoms with Gasteiger partial charge in [0.25, 0.3) is 0 Å². The van der Waals surface area contributed by atoms with Gasteiger partial charge >= 0.3 is 5.97 Å². The fraction of sp³-hybridized carbons (Fsp3) is 0.250. The number of anilines is 2. The van der Waals surface area contributed by atoms with Gasteiger partial charge in [0.05, 0.1) is 32.6 Å². The Morgan fingerprint density at radius 3 is 2.10 bits per heavy atom. The van der Waals surface area contributed by atoms with E-state index in [1.54, 1.807) is 6.92 Å². The first kappa shape index (κ1) is 13.1. The molecule has 3 rings (SSSR count). The Morgan fingerprint density at radius 1 is 1.15 bits per heavy atom. The number of nitrogens with zero attached hydrogens (tertiary/aromatic N) is 2. The minimum Gasteiger partial charge on any atom is -0.462 e. The summed E-state index contributed by atoms with van der Waals surface area (Å²) in [6.07, 6.45) is 0. The zero-order valence-corrected chi connectivity index (χ0v) is 12.5. The number of hydrogen-bond acceptors (Lipinski definition) is 8. The Balaban J connectivity index is 2.48. The summed E-state index contributed by atoms with van der Waals surface area (Å²) < 4.78 is 6.60. The van der Waals surface area contributed by atoms with Crippen LogP contribution in [0.3, 0.4) is 0 Å². The predicted octanol–water partition coefficient (Wildman–Crippen LogP) is 2.56. The molecule has 20 heavy (non-hydrogen) atoms. The van der Waals surface area contributed by atoms with Crippen molar-refractivity contribution in [2.24, 2.45) is 0 Å². The van der Waals surface area contributed by atoms with Crippen molar-refractivity contribution in [2.45, 2.75) is 13.8 Å². The number of aryl methyl sites for hydroxylation is 1. The Morgan fingerprint density at radius 2 is 1.65 bits per heavy atom. The second kappa shape index (κ2) is 4.57. The van der Waals surface area contributed by atoms with Crippen molar-refractivity contribution in [1.82, 2.24) is 9.97 Å². The molecule has 0 fully saturated rings. The van der Waals surface area contributed by atoms with Crippen molar-refractivity contribution < 1.29 is 9.53 Å². The van der Waals surface area contributed by atoms with Gasteiger partial charge in [-0.05, 0) is 13.8 Å². The molecule has 6 nitrogen and oxygen atoms in total. The van der Waals surface area contributed by atoms with Gasteiger partial charge in [-0.2, -0.15) is 0 Å². The summed E-state index contributed by atoms with van der Waals surface area (Å²) in [4.78, 5) is 20.8. The lowest BCUT2D eigenvalue weighted by Crippen LogP contribution is -2.05. The minimum atomic E-state index is -0.394. The molecule has 0 amide bonds.